The van der Waals surface area contributed by atoms with Gasteiger partial charge in [0.25, 0.3) is 0 Å². The first kappa shape index (κ1) is 21.3. The number of halogens is 3. The number of anilines is 2. The molecule has 4 N–H and O–H groups in total. The second-order valence-electron chi connectivity index (χ2n) is 7.62. The van der Waals surface area contributed by atoms with Crippen molar-refractivity contribution in [3.05, 3.63) is 65.4 Å². The summed E-state index contributed by atoms with van der Waals surface area (Å²) in [6, 6.07) is 10.5. The molecule has 2 atom stereocenters. The lowest BCUT2D eigenvalue weighted by atomic mass is 10.0. The second-order valence-corrected chi connectivity index (χ2v) is 8.65. The fraction of sp³-hybridized carbons (Fsp3) is 0.273. The van der Waals surface area contributed by atoms with Gasteiger partial charge in [-0.25, -0.2) is 4.98 Å². The molecule has 1 aliphatic rings. The van der Waals surface area contributed by atoms with Crippen LogP contribution in [0.2, 0.25) is 0 Å². The minimum absolute atomic E-state index is 0.00494. The maximum absolute atomic E-state index is 12.7. The van der Waals surface area contributed by atoms with Gasteiger partial charge in [-0.3, -0.25) is 4.79 Å². The molecule has 1 amide bonds. The maximum Gasteiger partial charge on any atom is 0.416 e. The highest BCUT2D eigenvalue weighted by Gasteiger charge is 2.30. The minimum Gasteiger partial charge on any atom is -0.357 e. The number of carbonyl (C=O) groups is 1. The van der Waals surface area contributed by atoms with Crippen LogP contribution >= 0.6 is 11.3 Å². The average molecular weight is 446 g/mol. The van der Waals surface area contributed by atoms with Crippen molar-refractivity contribution in [2.45, 2.75) is 38.0 Å². The van der Waals surface area contributed by atoms with E-state index < -0.39 is 11.7 Å². The molecule has 1 aromatic heterocycles. The molecular formula is C22H21F3N4OS. The summed E-state index contributed by atoms with van der Waals surface area (Å²) in [6.45, 7) is 1.92. The molecular weight excluding hydrogens is 425 g/mol. The van der Waals surface area contributed by atoms with Crippen LogP contribution in [0.3, 0.4) is 0 Å². The third kappa shape index (κ3) is 4.88. The summed E-state index contributed by atoms with van der Waals surface area (Å²) >= 11 is 1.48. The maximum atomic E-state index is 12.7. The van der Waals surface area contributed by atoms with Gasteiger partial charge in [0.05, 0.1) is 16.9 Å². The Hall–Kier alpha value is -2.91. The summed E-state index contributed by atoms with van der Waals surface area (Å²) in [5.41, 5.74) is 9.15. The summed E-state index contributed by atoms with van der Waals surface area (Å²) in [4.78, 5) is 16.9. The number of nitrogens with one attached hydrogen (secondary N) is 2. The molecule has 0 spiro atoms. The Bertz CT molecular complexity index is 1090. The highest BCUT2D eigenvalue weighted by molar-refractivity contribution is 7.18. The first-order chi connectivity index (χ1) is 14.7. The lowest BCUT2D eigenvalue weighted by Crippen LogP contribution is -2.39. The molecule has 1 aliphatic heterocycles. The van der Waals surface area contributed by atoms with E-state index in [2.05, 4.69) is 15.6 Å². The Labute approximate surface area is 181 Å². The van der Waals surface area contributed by atoms with Gasteiger partial charge in [-0.15, -0.1) is 0 Å². The van der Waals surface area contributed by atoms with Crippen LogP contribution in [0.5, 0.6) is 0 Å². The second kappa shape index (κ2) is 8.32. The number of amides is 1. The predicted octanol–water partition coefficient (Wildman–Crippen LogP) is 4.69. The van der Waals surface area contributed by atoms with Gasteiger partial charge in [-0.1, -0.05) is 29.5 Å². The van der Waals surface area contributed by atoms with Gasteiger partial charge in [-0.05, 0) is 54.3 Å². The van der Waals surface area contributed by atoms with Crippen LogP contribution in [-0.2, 0) is 23.8 Å². The Morgan fingerprint density at radius 2 is 1.97 bits per heavy atom. The van der Waals surface area contributed by atoms with Gasteiger partial charge < -0.3 is 16.4 Å². The van der Waals surface area contributed by atoms with Crippen LogP contribution in [0.1, 0.15) is 23.6 Å². The normalized spacial score (nSPS) is 15.3. The average Bonchev–Trinajstić information content (AvgIpc) is 3.32. The standard InChI is InChI=1S/C22H21F3N4OS/c1-12(17(26)8-13-2-5-16(6-3-13)22(23,24)25)28-21-27-11-19(31-21)14-4-7-18-15(9-14)10-20(30)29-18/h2-7,9,11-12,17H,8,10,26H2,1H3,(H,27,28)(H,29,30)/t12-,17-/m1/s1. The van der Waals surface area contributed by atoms with E-state index in [1.165, 1.54) is 23.5 Å². The zero-order chi connectivity index (χ0) is 22.2. The molecule has 0 radical (unpaired) electrons. The number of rotatable bonds is 6. The van der Waals surface area contributed by atoms with E-state index >= 15 is 0 Å². The number of thiazole rings is 1. The van der Waals surface area contributed by atoms with Crippen LogP contribution in [0, 0.1) is 0 Å². The van der Waals surface area contributed by atoms with Gasteiger partial charge in [0.1, 0.15) is 0 Å². The summed E-state index contributed by atoms with van der Waals surface area (Å²) < 4.78 is 38.1. The number of nitrogens with zero attached hydrogens (tertiary/aromatic N) is 1. The number of carbonyl (C=O) groups excluding carboxylic acids is 1. The monoisotopic (exact) mass is 446 g/mol. The molecule has 2 aromatic carbocycles. The van der Waals surface area contributed by atoms with Crippen LogP contribution in [0.4, 0.5) is 24.0 Å². The van der Waals surface area contributed by atoms with Crippen LogP contribution in [0.25, 0.3) is 10.4 Å². The van der Waals surface area contributed by atoms with Gasteiger partial charge >= 0.3 is 6.18 Å². The van der Waals surface area contributed by atoms with E-state index in [0.29, 0.717) is 18.0 Å². The van der Waals surface area contributed by atoms with Crippen molar-refractivity contribution < 1.29 is 18.0 Å². The number of fused-ring (bicyclic) bond motifs is 1. The summed E-state index contributed by atoms with van der Waals surface area (Å²) in [5.74, 6) is -0.00494. The van der Waals surface area contributed by atoms with E-state index in [1.807, 2.05) is 25.1 Å². The zero-order valence-electron chi connectivity index (χ0n) is 16.7. The van der Waals surface area contributed by atoms with E-state index in [0.717, 1.165) is 39.4 Å². The lowest BCUT2D eigenvalue weighted by molar-refractivity contribution is -0.137. The fourth-order valence-electron chi connectivity index (χ4n) is 3.44. The highest BCUT2D eigenvalue weighted by Crippen LogP contribution is 2.34. The van der Waals surface area contributed by atoms with Crippen molar-refractivity contribution in [1.29, 1.82) is 0 Å². The lowest BCUT2D eigenvalue weighted by Gasteiger charge is -2.21. The van der Waals surface area contributed by atoms with Crippen molar-refractivity contribution in [1.82, 2.24) is 4.98 Å². The third-order valence-corrected chi connectivity index (χ3v) is 6.24. The molecule has 0 saturated heterocycles. The Balaban J connectivity index is 1.38. The third-order valence-electron chi connectivity index (χ3n) is 5.27. The van der Waals surface area contributed by atoms with Gasteiger partial charge in [0.15, 0.2) is 5.13 Å². The molecule has 5 nitrogen and oxygen atoms in total. The van der Waals surface area contributed by atoms with Crippen LogP contribution in [0.15, 0.2) is 48.7 Å². The van der Waals surface area contributed by atoms with Crippen LogP contribution < -0.4 is 16.4 Å². The number of alkyl halides is 3. The molecule has 9 heteroatoms. The summed E-state index contributed by atoms with van der Waals surface area (Å²) in [7, 11) is 0. The molecule has 4 rings (SSSR count). The molecule has 162 valence electrons. The first-order valence-corrected chi connectivity index (χ1v) is 10.6. The van der Waals surface area contributed by atoms with Crippen LogP contribution in [-0.4, -0.2) is 23.0 Å². The topological polar surface area (TPSA) is 80.0 Å². The molecule has 3 aromatic rings. The molecule has 0 saturated carbocycles. The molecule has 0 bridgehead atoms. The smallest absolute Gasteiger partial charge is 0.357 e. The number of aromatic nitrogens is 1. The Morgan fingerprint density at radius 1 is 1.23 bits per heavy atom. The first-order valence-electron chi connectivity index (χ1n) is 9.76. The van der Waals surface area contributed by atoms with Crippen molar-refractivity contribution in [3.63, 3.8) is 0 Å². The van der Waals surface area contributed by atoms with E-state index in [4.69, 9.17) is 5.73 Å². The SMILES string of the molecule is C[C@@H](Nc1ncc(-c2ccc3c(c2)CC(=O)N3)s1)[C@H](N)Cc1ccc(C(F)(F)F)cc1. The van der Waals surface area contributed by atoms with Crippen molar-refractivity contribution >= 4 is 28.1 Å². The quantitative estimate of drug-likeness (QED) is 0.513. The molecule has 0 aliphatic carbocycles. The van der Waals surface area contributed by atoms with E-state index in [-0.39, 0.29) is 18.0 Å². The molecule has 2 heterocycles. The summed E-state index contributed by atoms with van der Waals surface area (Å²) in [6.07, 6.45) is -1.75. The Kier molecular flexibility index (Phi) is 5.72. The minimum atomic E-state index is -4.34. The number of hydrogen-bond donors (Lipinski definition) is 3. The highest BCUT2D eigenvalue weighted by atomic mass is 32.1. The Morgan fingerprint density at radius 3 is 2.68 bits per heavy atom. The number of benzene rings is 2. The van der Waals surface area contributed by atoms with E-state index in [1.54, 1.807) is 6.20 Å². The van der Waals surface area contributed by atoms with Crippen molar-refractivity contribution in [3.8, 4) is 10.4 Å². The number of nitrogens with two attached hydrogens (primary N) is 1. The van der Waals surface area contributed by atoms with Crippen molar-refractivity contribution in [2.24, 2.45) is 5.73 Å². The molecule has 31 heavy (non-hydrogen) atoms. The van der Waals surface area contributed by atoms with Gasteiger partial charge in [-0.2, -0.15) is 13.2 Å². The number of hydrogen-bond acceptors (Lipinski definition) is 5. The van der Waals surface area contributed by atoms with E-state index in [9.17, 15) is 18.0 Å². The molecule has 0 fully saturated rings. The van der Waals surface area contributed by atoms with Gasteiger partial charge in [0.2, 0.25) is 5.91 Å². The van der Waals surface area contributed by atoms with Crippen molar-refractivity contribution in [2.75, 3.05) is 10.6 Å². The molecule has 0 unspecified atom stereocenters. The fourth-order valence-corrected chi connectivity index (χ4v) is 4.35. The summed E-state index contributed by atoms with van der Waals surface area (Å²) in [5, 5.41) is 6.81. The van der Waals surface area contributed by atoms with Gasteiger partial charge in [0, 0.05) is 24.0 Å². The predicted molar refractivity (Wildman–Crippen MR) is 116 cm³/mol. The zero-order valence-corrected chi connectivity index (χ0v) is 17.5. The largest absolute Gasteiger partial charge is 0.416 e.